The summed E-state index contributed by atoms with van der Waals surface area (Å²) in [6.45, 7) is 4.23. The molecular weight excluding hydrogens is 304 g/mol. The highest BCUT2D eigenvalue weighted by Gasteiger charge is 2.19. The van der Waals surface area contributed by atoms with Crippen LogP contribution in [0.1, 0.15) is 52.5 Å². The van der Waals surface area contributed by atoms with Crippen LogP contribution in [0.5, 0.6) is 0 Å². The lowest BCUT2D eigenvalue weighted by Gasteiger charge is -2.17. The van der Waals surface area contributed by atoms with E-state index in [9.17, 15) is 4.79 Å². The number of esters is 1. The van der Waals surface area contributed by atoms with Crippen LogP contribution in [-0.2, 0) is 11.2 Å². The summed E-state index contributed by atoms with van der Waals surface area (Å²) in [5, 5.41) is 8.06. The van der Waals surface area contributed by atoms with Crippen molar-refractivity contribution in [3.8, 4) is 0 Å². The molecule has 3 rings (SSSR count). The Morgan fingerprint density at radius 3 is 3.04 bits per heavy atom. The first kappa shape index (κ1) is 16.6. The van der Waals surface area contributed by atoms with Gasteiger partial charge in [0, 0.05) is 24.5 Å². The SMILES string of the molecule is COC(=O)c1ccncc1Cc1cnn(C2CCCNCC2)c1C. The topological polar surface area (TPSA) is 69.0 Å². The van der Waals surface area contributed by atoms with Crippen LogP contribution < -0.4 is 5.32 Å². The van der Waals surface area contributed by atoms with Gasteiger partial charge in [0.15, 0.2) is 0 Å². The Morgan fingerprint density at radius 2 is 2.21 bits per heavy atom. The summed E-state index contributed by atoms with van der Waals surface area (Å²) in [6.07, 6.45) is 9.33. The highest BCUT2D eigenvalue weighted by Crippen LogP contribution is 2.24. The lowest BCUT2D eigenvalue weighted by molar-refractivity contribution is 0.0599. The van der Waals surface area contributed by atoms with E-state index in [1.807, 2.05) is 6.20 Å². The van der Waals surface area contributed by atoms with E-state index in [0.717, 1.165) is 37.1 Å². The average Bonchev–Trinajstić information content (AvgIpc) is 2.81. The van der Waals surface area contributed by atoms with Crippen LogP contribution in [0, 0.1) is 6.92 Å². The molecule has 1 saturated heterocycles. The molecule has 24 heavy (non-hydrogen) atoms. The number of hydrogen-bond donors (Lipinski definition) is 1. The van der Waals surface area contributed by atoms with E-state index in [4.69, 9.17) is 4.74 Å². The zero-order chi connectivity index (χ0) is 16.9. The van der Waals surface area contributed by atoms with Crippen LogP contribution in [0.4, 0.5) is 0 Å². The van der Waals surface area contributed by atoms with Crippen molar-refractivity contribution >= 4 is 5.97 Å². The lowest BCUT2D eigenvalue weighted by Crippen LogP contribution is -2.16. The second kappa shape index (κ2) is 7.57. The number of aromatic nitrogens is 3. The van der Waals surface area contributed by atoms with Crippen LogP contribution in [0.15, 0.2) is 24.7 Å². The maximum atomic E-state index is 11.9. The largest absolute Gasteiger partial charge is 0.465 e. The Labute approximate surface area is 142 Å². The van der Waals surface area contributed by atoms with Gasteiger partial charge in [0.1, 0.15) is 0 Å². The van der Waals surface area contributed by atoms with Crippen molar-refractivity contribution in [2.75, 3.05) is 20.2 Å². The number of carbonyl (C=O) groups is 1. The van der Waals surface area contributed by atoms with E-state index in [1.165, 1.54) is 19.2 Å². The minimum absolute atomic E-state index is 0.327. The minimum Gasteiger partial charge on any atom is -0.465 e. The predicted octanol–water partition coefficient (Wildman–Crippen LogP) is 2.28. The zero-order valence-electron chi connectivity index (χ0n) is 14.3. The van der Waals surface area contributed by atoms with Crippen molar-refractivity contribution in [3.05, 3.63) is 47.0 Å². The van der Waals surface area contributed by atoms with Crippen LogP contribution >= 0.6 is 0 Å². The number of carbonyl (C=O) groups excluding carboxylic acids is 1. The molecule has 1 atom stereocenters. The van der Waals surface area contributed by atoms with Gasteiger partial charge in [-0.15, -0.1) is 0 Å². The van der Waals surface area contributed by atoms with Gasteiger partial charge in [-0.1, -0.05) is 0 Å². The zero-order valence-corrected chi connectivity index (χ0v) is 14.3. The van der Waals surface area contributed by atoms with Gasteiger partial charge < -0.3 is 10.1 Å². The van der Waals surface area contributed by atoms with Crippen molar-refractivity contribution in [3.63, 3.8) is 0 Å². The van der Waals surface area contributed by atoms with E-state index in [1.54, 1.807) is 18.5 Å². The Morgan fingerprint density at radius 1 is 1.33 bits per heavy atom. The fourth-order valence-electron chi connectivity index (χ4n) is 3.33. The molecule has 3 heterocycles. The third-order valence-electron chi connectivity index (χ3n) is 4.73. The summed E-state index contributed by atoms with van der Waals surface area (Å²) in [7, 11) is 1.40. The Kier molecular flexibility index (Phi) is 5.25. The standard InChI is InChI=1S/C18H24N4O2/c1-13-14(10-15-11-20-9-6-17(15)18(23)24-2)12-21-22(13)16-4-3-7-19-8-5-16/h6,9,11-12,16,19H,3-5,7-8,10H2,1-2H3. The number of nitrogens with zero attached hydrogens (tertiary/aromatic N) is 3. The first-order valence-corrected chi connectivity index (χ1v) is 8.45. The highest BCUT2D eigenvalue weighted by molar-refractivity contribution is 5.90. The van der Waals surface area contributed by atoms with Crippen LogP contribution in [0.3, 0.4) is 0 Å². The molecule has 128 valence electrons. The van der Waals surface area contributed by atoms with E-state index in [2.05, 4.69) is 27.0 Å². The molecule has 1 aliphatic rings. The minimum atomic E-state index is -0.327. The van der Waals surface area contributed by atoms with Crippen molar-refractivity contribution in [1.82, 2.24) is 20.1 Å². The molecule has 1 N–H and O–H groups in total. The van der Waals surface area contributed by atoms with Crippen molar-refractivity contribution in [2.24, 2.45) is 0 Å². The van der Waals surface area contributed by atoms with E-state index >= 15 is 0 Å². The molecule has 0 saturated carbocycles. The summed E-state index contributed by atoms with van der Waals surface area (Å²) >= 11 is 0. The second-order valence-corrected chi connectivity index (χ2v) is 6.24. The number of methoxy groups -OCH3 is 1. The lowest BCUT2D eigenvalue weighted by atomic mass is 10.0. The van der Waals surface area contributed by atoms with E-state index in [-0.39, 0.29) is 5.97 Å². The number of ether oxygens (including phenoxy) is 1. The third-order valence-corrected chi connectivity index (χ3v) is 4.73. The maximum absolute atomic E-state index is 11.9. The fraction of sp³-hybridized carbons (Fsp3) is 0.500. The Balaban J connectivity index is 1.83. The van der Waals surface area contributed by atoms with Gasteiger partial charge in [0.25, 0.3) is 0 Å². The monoisotopic (exact) mass is 328 g/mol. The predicted molar refractivity (Wildman–Crippen MR) is 91.1 cm³/mol. The smallest absolute Gasteiger partial charge is 0.338 e. The van der Waals surface area contributed by atoms with Gasteiger partial charge in [0.2, 0.25) is 0 Å². The van der Waals surface area contributed by atoms with Crippen LogP contribution in [-0.4, -0.2) is 40.9 Å². The molecule has 6 heteroatoms. The molecule has 0 aliphatic carbocycles. The molecule has 2 aromatic heterocycles. The van der Waals surface area contributed by atoms with E-state index in [0.29, 0.717) is 18.0 Å². The number of hydrogen-bond acceptors (Lipinski definition) is 5. The summed E-state index contributed by atoms with van der Waals surface area (Å²) in [5.41, 5.74) is 3.74. The first-order chi connectivity index (χ1) is 11.7. The first-order valence-electron chi connectivity index (χ1n) is 8.45. The van der Waals surface area contributed by atoms with Crippen LogP contribution in [0.2, 0.25) is 0 Å². The molecular formula is C18H24N4O2. The van der Waals surface area contributed by atoms with Gasteiger partial charge in [-0.25, -0.2) is 4.79 Å². The summed E-state index contributed by atoms with van der Waals surface area (Å²) in [4.78, 5) is 16.1. The summed E-state index contributed by atoms with van der Waals surface area (Å²) < 4.78 is 7.01. The normalized spacial score (nSPS) is 18.2. The molecule has 0 aromatic carbocycles. The number of nitrogens with one attached hydrogen (secondary N) is 1. The van der Waals surface area contributed by atoms with Gasteiger partial charge in [-0.3, -0.25) is 9.67 Å². The number of rotatable bonds is 4. The van der Waals surface area contributed by atoms with Crippen molar-refractivity contribution in [2.45, 2.75) is 38.6 Å². The molecule has 1 fully saturated rings. The fourth-order valence-corrected chi connectivity index (χ4v) is 3.33. The van der Waals surface area contributed by atoms with E-state index < -0.39 is 0 Å². The second-order valence-electron chi connectivity index (χ2n) is 6.24. The Hall–Kier alpha value is -2.21. The molecule has 0 spiro atoms. The van der Waals surface area contributed by atoms with Gasteiger partial charge >= 0.3 is 5.97 Å². The summed E-state index contributed by atoms with van der Waals surface area (Å²) in [5.74, 6) is -0.327. The summed E-state index contributed by atoms with van der Waals surface area (Å²) in [6, 6.07) is 2.15. The average molecular weight is 328 g/mol. The molecule has 2 aromatic rings. The molecule has 0 amide bonds. The Bertz CT molecular complexity index is 703. The molecule has 1 unspecified atom stereocenters. The molecule has 0 bridgehead atoms. The van der Waals surface area contributed by atoms with Crippen molar-refractivity contribution in [1.29, 1.82) is 0 Å². The van der Waals surface area contributed by atoms with Crippen LogP contribution in [0.25, 0.3) is 0 Å². The molecule has 1 aliphatic heterocycles. The maximum Gasteiger partial charge on any atom is 0.338 e. The van der Waals surface area contributed by atoms with Crippen molar-refractivity contribution < 1.29 is 9.53 Å². The van der Waals surface area contributed by atoms with Gasteiger partial charge in [-0.05, 0) is 56.5 Å². The molecule has 6 nitrogen and oxygen atoms in total. The highest BCUT2D eigenvalue weighted by atomic mass is 16.5. The van der Waals surface area contributed by atoms with Gasteiger partial charge in [0.05, 0.1) is 24.9 Å². The van der Waals surface area contributed by atoms with Gasteiger partial charge in [-0.2, -0.15) is 5.10 Å². The number of pyridine rings is 1. The third kappa shape index (κ3) is 3.48. The quantitative estimate of drug-likeness (QED) is 0.872. The molecule has 0 radical (unpaired) electrons.